The fourth-order valence-electron chi connectivity index (χ4n) is 4.50. The Kier molecular flexibility index (Phi) is 5.34. The number of hydrogen-bond acceptors (Lipinski definition) is 3. The number of hydrogen-bond donors (Lipinski definition) is 0. The first kappa shape index (κ1) is 21.8. The summed E-state index contributed by atoms with van der Waals surface area (Å²) >= 11 is 12.2. The maximum absolute atomic E-state index is 11.8. The molecule has 2 aliphatic heterocycles. The molecule has 2 aromatic carbocycles. The van der Waals surface area contributed by atoms with Crippen LogP contribution in [-0.4, -0.2) is 29.2 Å². The van der Waals surface area contributed by atoms with E-state index in [9.17, 15) is 4.79 Å². The minimum Gasteiger partial charge on any atom is -0.358 e. The van der Waals surface area contributed by atoms with E-state index in [0.29, 0.717) is 16.7 Å². The zero-order valence-electron chi connectivity index (χ0n) is 18.1. The second kappa shape index (κ2) is 7.34. The Balaban J connectivity index is 0.000000158. The van der Waals surface area contributed by atoms with Crippen molar-refractivity contribution in [1.29, 1.82) is 0 Å². The molecule has 2 saturated heterocycles. The van der Waals surface area contributed by atoms with Gasteiger partial charge in [0.05, 0.1) is 6.61 Å². The third-order valence-electron chi connectivity index (χ3n) is 6.36. The highest BCUT2D eigenvalue weighted by atomic mass is 35.5. The highest BCUT2D eigenvalue weighted by molar-refractivity contribution is 6.36. The molecule has 1 spiro atoms. The lowest BCUT2D eigenvalue weighted by Gasteiger charge is -2.23. The van der Waals surface area contributed by atoms with Crippen LogP contribution in [0.1, 0.15) is 57.6 Å². The number of halogens is 2. The first-order chi connectivity index (χ1) is 14.0. The van der Waals surface area contributed by atoms with Gasteiger partial charge in [0, 0.05) is 15.6 Å². The minimum atomic E-state index is -0.681. The molecule has 1 saturated carbocycles. The summed E-state index contributed by atoms with van der Waals surface area (Å²) in [5, 5.41) is 1.39. The summed E-state index contributed by atoms with van der Waals surface area (Å²) in [6.45, 7) is 10.1. The van der Waals surface area contributed by atoms with E-state index in [4.69, 9.17) is 32.7 Å². The lowest BCUT2D eigenvalue weighted by molar-refractivity contribution is -0.132. The molecule has 0 N–H and O–H groups in total. The Morgan fingerprint density at radius 2 is 1.67 bits per heavy atom. The van der Waals surface area contributed by atoms with Crippen molar-refractivity contribution < 1.29 is 14.3 Å². The normalized spacial score (nSPS) is 25.8. The van der Waals surface area contributed by atoms with Gasteiger partial charge in [0.25, 0.3) is 0 Å². The molecule has 2 heterocycles. The fraction of sp³-hybridized carbons (Fsp3) is 0.480. The topological polar surface area (TPSA) is 38.8 Å². The predicted octanol–water partition coefficient (Wildman–Crippen LogP) is 6.76. The monoisotopic (exact) mass is 446 g/mol. The van der Waals surface area contributed by atoms with Crippen LogP contribution in [0.3, 0.4) is 0 Å². The zero-order chi connectivity index (χ0) is 21.9. The Hall–Kier alpha value is -1.39. The van der Waals surface area contributed by atoms with Gasteiger partial charge in [0.2, 0.25) is 5.78 Å². The van der Waals surface area contributed by atoms with Crippen molar-refractivity contribution in [3.05, 3.63) is 57.6 Å². The molecule has 30 heavy (non-hydrogen) atoms. The Labute approximate surface area is 188 Å². The molecule has 1 unspecified atom stereocenters. The highest BCUT2D eigenvalue weighted by Crippen LogP contribution is 2.51. The van der Waals surface area contributed by atoms with E-state index in [-0.39, 0.29) is 5.78 Å². The molecule has 3 fully saturated rings. The third kappa shape index (κ3) is 3.82. The van der Waals surface area contributed by atoms with Crippen molar-refractivity contribution in [2.75, 3.05) is 6.61 Å². The Bertz CT molecular complexity index is 1000. The largest absolute Gasteiger partial charge is 0.358 e. The quantitative estimate of drug-likeness (QED) is 0.478. The van der Waals surface area contributed by atoms with Gasteiger partial charge in [-0.05, 0) is 82.2 Å². The second-order valence-corrected chi connectivity index (χ2v) is 10.4. The first-order valence-electron chi connectivity index (χ1n) is 10.4. The van der Waals surface area contributed by atoms with Crippen LogP contribution in [0.15, 0.2) is 36.4 Å². The summed E-state index contributed by atoms with van der Waals surface area (Å²) in [4.78, 5) is 11.8. The maximum atomic E-state index is 11.8. The molecule has 0 aromatic heterocycles. The standard InChI is InChI=1S/C16H14Cl2.C9H14O3/c1-10-8-12(4-6-14(10)11-2-3-11)15-7-5-13(17)9-16(15)18;1-7(2)6(10)9(5-11-9)8(3,4)12-7/h4-9,11H,2-3H2,1H3;5H2,1-4H3. The average molecular weight is 447 g/mol. The van der Waals surface area contributed by atoms with E-state index in [2.05, 4.69) is 25.1 Å². The smallest absolute Gasteiger partial charge is 0.201 e. The molecule has 1 atom stereocenters. The molecule has 2 aromatic rings. The minimum absolute atomic E-state index is 0.0833. The SMILES string of the molecule is CC1(C)OC(C)(C)C2(CO2)C1=O.Cc1cc(-c2ccc(Cl)cc2Cl)ccc1C1CC1. The van der Waals surface area contributed by atoms with E-state index >= 15 is 0 Å². The van der Waals surface area contributed by atoms with Crippen LogP contribution in [0.25, 0.3) is 11.1 Å². The molecule has 5 rings (SSSR count). The lowest BCUT2D eigenvalue weighted by atomic mass is 9.86. The van der Waals surface area contributed by atoms with Gasteiger partial charge >= 0.3 is 0 Å². The summed E-state index contributed by atoms with van der Waals surface area (Å²) in [7, 11) is 0. The van der Waals surface area contributed by atoms with Crippen molar-refractivity contribution in [2.45, 2.75) is 70.2 Å². The van der Waals surface area contributed by atoms with E-state index in [1.54, 1.807) is 19.9 Å². The van der Waals surface area contributed by atoms with Gasteiger partial charge in [0.15, 0.2) is 5.60 Å². The molecule has 0 amide bonds. The van der Waals surface area contributed by atoms with Gasteiger partial charge in [-0.25, -0.2) is 0 Å². The number of ketones is 1. The fourth-order valence-corrected chi connectivity index (χ4v) is 5.01. The number of Topliss-reactive ketones (excluding diaryl/α,β-unsaturated/α-hetero) is 1. The number of epoxide rings is 1. The van der Waals surface area contributed by atoms with Crippen LogP contribution < -0.4 is 0 Å². The van der Waals surface area contributed by atoms with Crippen molar-refractivity contribution in [3.63, 3.8) is 0 Å². The summed E-state index contributed by atoms with van der Waals surface area (Å²) in [5.74, 6) is 0.875. The molecule has 5 heteroatoms. The van der Waals surface area contributed by atoms with E-state index in [1.165, 1.54) is 29.5 Å². The second-order valence-electron chi connectivity index (χ2n) is 9.54. The van der Waals surface area contributed by atoms with Gasteiger partial charge < -0.3 is 9.47 Å². The molecule has 3 aliphatic rings. The molecule has 3 nitrogen and oxygen atoms in total. The zero-order valence-corrected chi connectivity index (χ0v) is 19.7. The number of ether oxygens (including phenoxy) is 2. The number of rotatable bonds is 2. The van der Waals surface area contributed by atoms with E-state index < -0.39 is 16.8 Å². The third-order valence-corrected chi connectivity index (χ3v) is 6.91. The van der Waals surface area contributed by atoms with Crippen molar-refractivity contribution >= 4 is 29.0 Å². The number of benzene rings is 2. The van der Waals surface area contributed by atoms with Crippen LogP contribution in [0.5, 0.6) is 0 Å². The summed E-state index contributed by atoms with van der Waals surface area (Å²) in [6, 6.07) is 12.3. The van der Waals surface area contributed by atoms with E-state index in [1.807, 2.05) is 26.0 Å². The Morgan fingerprint density at radius 3 is 2.10 bits per heavy atom. The molecule has 1 aliphatic carbocycles. The van der Waals surface area contributed by atoms with Crippen LogP contribution >= 0.6 is 23.2 Å². The average Bonchev–Trinajstić information content (AvgIpc) is 3.53. The maximum Gasteiger partial charge on any atom is 0.201 e. The molecule has 0 bridgehead atoms. The van der Waals surface area contributed by atoms with E-state index in [0.717, 1.165) is 11.5 Å². The summed E-state index contributed by atoms with van der Waals surface area (Å²) in [6.07, 6.45) is 2.67. The van der Waals surface area contributed by atoms with Gasteiger partial charge in [-0.1, -0.05) is 47.5 Å². The first-order valence-corrected chi connectivity index (χ1v) is 11.2. The van der Waals surface area contributed by atoms with Crippen LogP contribution in [-0.2, 0) is 14.3 Å². The summed E-state index contributed by atoms with van der Waals surface area (Å²) < 4.78 is 10.9. The predicted molar refractivity (Wildman–Crippen MR) is 122 cm³/mol. The highest BCUT2D eigenvalue weighted by Gasteiger charge is 2.72. The van der Waals surface area contributed by atoms with Crippen LogP contribution in [0.2, 0.25) is 10.0 Å². The van der Waals surface area contributed by atoms with Crippen molar-refractivity contribution in [2.24, 2.45) is 0 Å². The van der Waals surface area contributed by atoms with Crippen LogP contribution in [0.4, 0.5) is 0 Å². The molecule has 0 radical (unpaired) electrons. The summed E-state index contributed by atoms with van der Waals surface area (Å²) in [5.41, 5.74) is 3.29. The number of aryl methyl sites for hydroxylation is 1. The Morgan fingerprint density at radius 1 is 1.00 bits per heavy atom. The van der Waals surface area contributed by atoms with Gasteiger partial charge in [-0.3, -0.25) is 4.79 Å². The van der Waals surface area contributed by atoms with Crippen molar-refractivity contribution in [1.82, 2.24) is 0 Å². The molecular formula is C25H28Cl2O3. The van der Waals surface area contributed by atoms with Crippen molar-refractivity contribution in [3.8, 4) is 11.1 Å². The number of carbonyl (C=O) groups is 1. The van der Waals surface area contributed by atoms with Crippen LogP contribution in [0, 0.1) is 6.92 Å². The van der Waals surface area contributed by atoms with Gasteiger partial charge in [-0.15, -0.1) is 0 Å². The molecular weight excluding hydrogens is 419 g/mol. The molecule has 160 valence electrons. The number of carbonyl (C=O) groups excluding carboxylic acids is 1. The van der Waals surface area contributed by atoms with Gasteiger partial charge in [-0.2, -0.15) is 0 Å². The van der Waals surface area contributed by atoms with Gasteiger partial charge in [0.1, 0.15) is 11.2 Å². The lowest BCUT2D eigenvalue weighted by Crippen LogP contribution is -2.40.